The molecule has 0 saturated carbocycles. The predicted molar refractivity (Wildman–Crippen MR) is 95.4 cm³/mol. The number of phenolic OH excluding ortho intramolecular Hbond substituents is 1. The smallest absolute Gasteiger partial charge is 0.253 e. The number of aryl methyl sites for hydroxylation is 1. The highest BCUT2D eigenvalue weighted by Gasteiger charge is 2.42. The van der Waals surface area contributed by atoms with Gasteiger partial charge in [0.1, 0.15) is 5.75 Å². The monoisotopic (exact) mass is 359 g/mol. The van der Waals surface area contributed by atoms with Crippen LogP contribution < -0.4 is 5.73 Å². The summed E-state index contributed by atoms with van der Waals surface area (Å²) in [5.41, 5.74) is 6.42. The Balaban J connectivity index is 1.64. The fraction of sp³-hybridized carbons (Fsp3) is 0.526. The Morgan fingerprint density at radius 3 is 2.54 bits per heavy atom. The van der Waals surface area contributed by atoms with Crippen LogP contribution in [0.15, 0.2) is 18.2 Å². The summed E-state index contributed by atoms with van der Waals surface area (Å²) in [6.07, 6.45) is 2.79. The molecule has 26 heavy (non-hydrogen) atoms. The topological polar surface area (TPSA) is 104 Å². The van der Waals surface area contributed by atoms with E-state index in [1.54, 1.807) is 28.9 Å². The summed E-state index contributed by atoms with van der Waals surface area (Å²) in [6.45, 7) is 3.49. The number of benzene rings is 1. The van der Waals surface area contributed by atoms with Crippen molar-refractivity contribution in [2.45, 2.75) is 32.6 Å². The zero-order valence-corrected chi connectivity index (χ0v) is 15.0. The number of nitrogens with zero attached hydrogens (tertiary/aromatic N) is 2. The van der Waals surface area contributed by atoms with Crippen LogP contribution in [0, 0.1) is 12.3 Å². The van der Waals surface area contributed by atoms with Gasteiger partial charge in [0, 0.05) is 31.6 Å². The van der Waals surface area contributed by atoms with Crippen molar-refractivity contribution < 1.29 is 19.5 Å². The number of rotatable bonds is 3. The number of hydrogen-bond acceptors (Lipinski definition) is 4. The zero-order chi connectivity index (χ0) is 18.9. The third kappa shape index (κ3) is 3.66. The van der Waals surface area contributed by atoms with Gasteiger partial charge in [-0.1, -0.05) is 6.07 Å². The summed E-state index contributed by atoms with van der Waals surface area (Å²) >= 11 is 0. The number of likely N-dealkylation sites (tertiary alicyclic amines) is 2. The second-order valence-electron chi connectivity index (χ2n) is 7.51. The number of amides is 3. The molecule has 2 aliphatic heterocycles. The van der Waals surface area contributed by atoms with Gasteiger partial charge in [0.25, 0.3) is 5.91 Å². The maximum atomic E-state index is 12.7. The molecule has 0 bridgehead atoms. The summed E-state index contributed by atoms with van der Waals surface area (Å²) in [5.74, 6) is -0.488. The summed E-state index contributed by atoms with van der Waals surface area (Å²) in [7, 11) is 0. The lowest BCUT2D eigenvalue weighted by atomic mass is 9.72. The molecule has 2 aliphatic rings. The summed E-state index contributed by atoms with van der Waals surface area (Å²) < 4.78 is 0. The van der Waals surface area contributed by atoms with Crippen LogP contribution in [0.4, 0.5) is 0 Å². The van der Waals surface area contributed by atoms with Crippen LogP contribution in [-0.4, -0.2) is 58.8 Å². The SMILES string of the molecule is Cc1ccc(C(=O)N2CCC3(CCC(=O)N(CC(N)=O)C3)CC2)cc1O. The van der Waals surface area contributed by atoms with E-state index in [0.717, 1.165) is 24.8 Å². The molecular formula is C19H25N3O4. The minimum Gasteiger partial charge on any atom is -0.508 e. The summed E-state index contributed by atoms with van der Waals surface area (Å²) in [6, 6.07) is 4.98. The van der Waals surface area contributed by atoms with Crippen LogP contribution in [0.2, 0.25) is 0 Å². The highest BCUT2D eigenvalue weighted by molar-refractivity contribution is 5.94. The molecule has 3 rings (SSSR count). The second kappa shape index (κ2) is 6.97. The maximum absolute atomic E-state index is 12.7. The Labute approximate surface area is 152 Å². The third-order valence-corrected chi connectivity index (χ3v) is 5.66. The lowest BCUT2D eigenvalue weighted by Gasteiger charge is -2.47. The van der Waals surface area contributed by atoms with Crippen LogP contribution in [0.1, 0.15) is 41.6 Å². The van der Waals surface area contributed by atoms with Gasteiger partial charge in [-0.15, -0.1) is 0 Å². The number of carbonyl (C=O) groups excluding carboxylic acids is 3. The van der Waals surface area contributed by atoms with E-state index in [4.69, 9.17) is 5.73 Å². The molecule has 0 radical (unpaired) electrons. The minimum absolute atomic E-state index is 0.0249. The first kappa shape index (κ1) is 18.2. The zero-order valence-electron chi connectivity index (χ0n) is 15.0. The molecular weight excluding hydrogens is 334 g/mol. The van der Waals surface area contributed by atoms with Gasteiger partial charge in [-0.05, 0) is 49.3 Å². The number of primary amides is 1. The molecule has 1 aromatic rings. The molecule has 140 valence electrons. The van der Waals surface area contributed by atoms with Crippen molar-refractivity contribution in [3.8, 4) is 5.75 Å². The van der Waals surface area contributed by atoms with Crippen molar-refractivity contribution in [3.63, 3.8) is 0 Å². The fourth-order valence-corrected chi connectivity index (χ4v) is 3.95. The minimum atomic E-state index is -0.498. The first-order valence-corrected chi connectivity index (χ1v) is 8.95. The van der Waals surface area contributed by atoms with Crippen molar-refractivity contribution in [1.29, 1.82) is 0 Å². The van der Waals surface area contributed by atoms with Crippen LogP contribution in [0.25, 0.3) is 0 Å². The second-order valence-corrected chi connectivity index (χ2v) is 7.51. The first-order valence-electron chi connectivity index (χ1n) is 8.95. The lowest BCUT2D eigenvalue weighted by molar-refractivity contribution is -0.142. The van der Waals surface area contributed by atoms with Gasteiger partial charge >= 0.3 is 0 Å². The molecule has 3 amide bonds. The van der Waals surface area contributed by atoms with E-state index in [1.807, 2.05) is 0 Å². The molecule has 0 unspecified atom stereocenters. The molecule has 7 nitrogen and oxygen atoms in total. The van der Waals surface area contributed by atoms with Gasteiger partial charge in [0.05, 0.1) is 6.54 Å². The van der Waals surface area contributed by atoms with Crippen LogP contribution in [-0.2, 0) is 9.59 Å². The Morgan fingerprint density at radius 2 is 1.92 bits per heavy atom. The average Bonchev–Trinajstić information content (AvgIpc) is 2.60. The third-order valence-electron chi connectivity index (χ3n) is 5.66. The summed E-state index contributed by atoms with van der Waals surface area (Å²) in [4.78, 5) is 39.2. The first-order chi connectivity index (χ1) is 12.3. The molecule has 1 spiro atoms. The van der Waals surface area contributed by atoms with Gasteiger partial charge in [0.15, 0.2) is 0 Å². The van der Waals surface area contributed by atoms with Crippen LogP contribution >= 0.6 is 0 Å². The molecule has 2 saturated heterocycles. The average molecular weight is 359 g/mol. The molecule has 0 aliphatic carbocycles. The van der Waals surface area contributed by atoms with Gasteiger partial charge < -0.3 is 20.6 Å². The van der Waals surface area contributed by atoms with Crippen molar-refractivity contribution >= 4 is 17.7 Å². The highest BCUT2D eigenvalue weighted by Crippen LogP contribution is 2.40. The predicted octanol–water partition coefficient (Wildman–Crippen LogP) is 1.03. The molecule has 2 heterocycles. The maximum Gasteiger partial charge on any atom is 0.253 e. The molecule has 3 N–H and O–H groups in total. The van der Waals surface area contributed by atoms with Crippen LogP contribution in [0.5, 0.6) is 5.75 Å². The van der Waals surface area contributed by atoms with Crippen molar-refractivity contribution in [2.24, 2.45) is 11.1 Å². The molecule has 0 atom stereocenters. The number of hydrogen-bond donors (Lipinski definition) is 2. The number of piperidine rings is 2. The van der Waals surface area contributed by atoms with Gasteiger partial charge in [-0.3, -0.25) is 14.4 Å². The number of phenols is 1. The van der Waals surface area contributed by atoms with Gasteiger partial charge in [-0.25, -0.2) is 0 Å². The fourth-order valence-electron chi connectivity index (χ4n) is 3.95. The quantitative estimate of drug-likeness (QED) is 0.841. The number of nitrogens with two attached hydrogens (primary N) is 1. The highest BCUT2D eigenvalue weighted by atomic mass is 16.3. The van der Waals surface area contributed by atoms with E-state index >= 15 is 0 Å². The molecule has 2 fully saturated rings. The van der Waals surface area contributed by atoms with E-state index in [-0.39, 0.29) is 29.5 Å². The van der Waals surface area contributed by atoms with E-state index < -0.39 is 5.91 Å². The van der Waals surface area contributed by atoms with Crippen molar-refractivity contribution in [2.75, 3.05) is 26.2 Å². The lowest BCUT2D eigenvalue weighted by Crippen LogP contribution is -2.53. The summed E-state index contributed by atoms with van der Waals surface area (Å²) in [5, 5.41) is 9.83. The number of aromatic hydroxyl groups is 1. The van der Waals surface area contributed by atoms with Gasteiger partial charge in [-0.2, -0.15) is 0 Å². The standard InChI is InChI=1S/C19H25N3O4/c1-13-2-3-14(10-15(13)23)18(26)21-8-6-19(7-9-21)5-4-17(25)22(12-19)11-16(20)24/h2-3,10,23H,4-9,11-12H2,1H3,(H2,20,24). The Kier molecular flexibility index (Phi) is 4.89. The van der Waals surface area contributed by atoms with E-state index in [9.17, 15) is 19.5 Å². The van der Waals surface area contributed by atoms with Gasteiger partial charge in [0.2, 0.25) is 11.8 Å². The Bertz CT molecular complexity index is 738. The van der Waals surface area contributed by atoms with Crippen molar-refractivity contribution in [1.82, 2.24) is 9.80 Å². The van der Waals surface area contributed by atoms with E-state index in [2.05, 4.69) is 0 Å². The molecule has 1 aromatic carbocycles. The van der Waals surface area contributed by atoms with Crippen molar-refractivity contribution in [3.05, 3.63) is 29.3 Å². The van der Waals surface area contributed by atoms with Crippen LogP contribution in [0.3, 0.4) is 0 Å². The normalized spacial score (nSPS) is 19.7. The molecule has 0 aromatic heterocycles. The van der Waals surface area contributed by atoms with E-state index in [0.29, 0.717) is 31.6 Å². The Morgan fingerprint density at radius 1 is 1.23 bits per heavy atom. The molecule has 7 heteroatoms. The largest absolute Gasteiger partial charge is 0.508 e. The van der Waals surface area contributed by atoms with E-state index in [1.165, 1.54) is 6.07 Å². The number of carbonyl (C=O) groups is 3. The Hall–Kier alpha value is -2.57.